The van der Waals surface area contributed by atoms with Crippen molar-refractivity contribution < 1.29 is 26.7 Å². The van der Waals surface area contributed by atoms with Gasteiger partial charge in [0, 0.05) is 58.3 Å². The SMILES string of the molecule is CC.CC(F)(F)Oc1ccc(S(=O)(=O)N2CCN(c3cnc4cncnc4n3)CC2)cc1.CCC1CN(C2=CCCC=C2)C1.CCC=O. The van der Waals surface area contributed by atoms with E-state index in [1.807, 2.05) is 25.7 Å². The molecule has 0 radical (unpaired) electrons. The normalized spacial score (nSPS) is 16.6. The highest BCUT2D eigenvalue weighted by Gasteiger charge is 2.30. The van der Waals surface area contributed by atoms with Gasteiger partial charge in [-0.25, -0.2) is 28.4 Å². The van der Waals surface area contributed by atoms with Crippen molar-refractivity contribution in [2.24, 2.45) is 5.92 Å². The number of alkyl halides is 2. The Morgan fingerprint density at radius 3 is 2.21 bits per heavy atom. The number of piperazine rings is 1. The van der Waals surface area contributed by atoms with E-state index in [1.54, 1.807) is 12.4 Å². The lowest BCUT2D eigenvalue weighted by atomic mass is 9.95. The monoisotopic (exact) mass is 687 g/mol. The van der Waals surface area contributed by atoms with E-state index in [-0.39, 0.29) is 23.7 Å². The van der Waals surface area contributed by atoms with Crippen molar-refractivity contribution in [3.8, 4) is 5.75 Å². The van der Waals surface area contributed by atoms with Crippen LogP contribution in [0.3, 0.4) is 0 Å². The molecule has 2 aromatic heterocycles. The first kappa shape index (κ1) is 38.4. The summed E-state index contributed by atoms with van der Waals surface area (Å²) in [6, 6.07) is 4.95. The van der Waals surface area contributed by atoms with E-state index in [4.69, 9.17) is 0 Å². The number of anilines is 1. The van der Waals surface area contributed by atoms with Crippen molar-refractivity contribution >= 4 is 33.3 Å². The number of halogens is 2. The van der Waals surface area contributed by atoms with E-state index in [1.165, 1.54) is 72.9 Å². The van der Waals surface area contributed by atoms with E-state index >= 15 is 0 Å². The summed E-state index contributed by atoms with van der Waals surface area (Å²) in [4.78, 5) is 30.3. The summed E-state index contributed by atoms with van der Waals surface area (Å²) in [6.45, 7) is 12.6. The van der Waals surface area contributed by atoms with Crippen molar-refractivity contribution in [1.82, 2.24) is 29.1 Å². The molecule has 0 bridgehead atoms. The maximum Gasteiger partial charge on any atom is 0.394 e. The second kappa shape index (κ2) is 18.5. The minimum atomic E-state index is -3.76. The molecule has 48 heavy (non-hydrogen) atoms. The van der Waals surface area contributed by atoms with Crippen LogP contribution < -0.4 is 9.64 Å². The zero-order chi connectivity index (χ0) is 35.2. The Labute approximate surface area is 282 Å². The molecule has 0 amide bonds. The van der Waals surface area contributed by atoms with Gasteiger partial charge >= 0.3 is 6.11 Å². The highest BCUT2D eigenvalue weighted by atomic mass is 32.2. The number of likely N-dealkylation sites (tertiary alicyclic amines) is 1. The van der Waals surface area contributed by atoms with Crippen LogP contribution in [0.25, 0.3) is 11.2 Å². The Hall–Kier alpha value is -4.04. The van der Waals surface area contributed by atoms with Gasteiger partial charge in [-0.1, -0.05) is 39.8 Å². The number of hydrogen-bond acceptors (Lipinski definition) is 10. The van der Waals surface area contributed by atoms with Crippen LogP contribution in [-0.2, 0) is 14.8 Å². The number of aldehydes is 1. The van der Waals surface area contributed by atoms with Crippen LogP contribution in [0.2, 0.25) is 0 Å². The molecule has 0 atom stereocenters. The topological polar surface area (TPSA) is 122 Å². The van der Waals surface area contributed by atoms with E-state index in [9.17, 15) is 22.0 Å². The van der Waals surface area contributed by atoms with Gasteiger partial charge in [0.15, 0.2) is 5.65 Å². The number of nitrogens with zero attached hydrogens (tertiary/aromatic N) is 7. The number of carbonyl (C=O) groups is 1. The number of aromatic nitrogens is 4. The summed E-state index contributed by atoms with van der Waals surface area (Å²) < 4.78 is 57.4. The van der Waals surface area contributed by atoms with Gasteiger partial charge in [0.25, 0.3) is 0 Å². The molecule has 2 aliphatic heterocycles. The first-order chi connectivity index (χ1) is 23.0. The standard InChI is InChI=1S/C18H18F2N6O3S.C11H17N.C3H6O.C2H6/c1-18(19,20)29-13-2-4-14(5-3-13)30(27,28)26-8-6-25(7-9-26)16-11-22-15-10-21-12-23-17(15)24-16;1-2-10-8-12(9-10)11-6-4-3-5-7-11;1-2-3-4;1-2/h2-5,10-12H,6-9H2,1H3;4,6-7,10H,2-3,5,8-9H2,1H3;3H,2H2,1H3;1-2H3. The molecule has 0 unspecified atom stereocenters. The first-order valence-electron chi connectivity index (χ1n) is 16.4. The number of rotatable bonds is 8. The predicted octanol–water partition coefficient (Wildman–Crippen LogP) is 6.11. The quantitative estimate of drug-likeness (QED) is 0.257. The molecule has 2 fully saturated rings. The highest BCUT2D eigenvalue weighted by molar-refractivity contribution is 7.89. The van der Waals surface area contributed by atoms with Gasteiger partial charge < -0.3 is 19.3 Å². The van der Waals surface area contributed by atoms with Gasteiger partial charge in [-0.05, 0) is 55.5 Å². The zero-order valence-electron chi connectivity index (χ0n) is 28.4. The summed E-state index contributed by atoms with van der Waals surface area (Å²) in [5.74, 6) is 1.46. The number of benzene rings is 1. The molecule has 1 aromatic carbocycles. The molecule has 262 valence electrons. The molecule has 0 spiro atoms. The van der Waals surface area contributed by atoms with E-state index in [0.29, 0.717) is 43.4 Å². The molecule has 3 aromatic rings. The first-order valence-corrected chi connectivity index (χ1v) is 17.9. The maximum absolute atomic E-state index is 12.9. The summed E-state index contributed by atoms with van der Waals surface area (Å²) in [5, 5.41) is 0. The second-order valence-electron chi connectivity index (χ2n) is 11.1. The number of fused-ring (bicyclic) bond motifs is 1. The van der Waals surface area contributed by atoms with Crippen molar-refractivity contribution in [3.05, 3.63) is 66.9 Å². The third-order valence-corrected chi connectivity index (χ3v) is 9.49. The summed E-state index contributed by atoms with van der Waals surface area (Å²) in [6.07, 6.45) is 13.5. The van der Waals surface area contributed by atoms with Gasteiger partial charge in [0.2, 0.25) is 10.0 Å². The maximum atomic E-state index is 12.9. The van der Waals surface area contributed by atoms with Gasteiger partial charge in [-0.15, -0.1) is 0 Å². The molecule has 1 aliphatic carbocycles. The van der Waals surface area contributed by atoms with Crippen molar-refractivity contribution in [1.29, 1.82) is 0 Å². The highest BCUT2D eigenvalue weighted by Crippen LogP contribution is 2.27. The van der Waals surface area contributed by atoms with E-state index in [2.05, 4.69) is 54.7 Å². The average Bonchev–Trinajstić information content (AvgIpc) is 3.09. The number of allylic oxidation sites excluding steroid dienone is 3. The van der Waals surface area contributed by atoms with Gasteiger partial charge in [-0.3, -0.25) is 0 Å². The van der Waals surface area contributed by atoms with Gasteiger partial charge in [-0.2, -0.15) is 13.1 Å². The molecule has 14 heteroatoms. The van der Waals surface area contributed by atoms with Crippen LogP contribution in [-0.4, -0.2) is 89.2 Å². The Bertz CT molecular complexity index is 1600. The van der Waals surface area contributed by atoms with Gasteiger partial charge in [0.1, 0.15) is 29.7 Å². The Kier molecular flexibility index (Phi) is 14.8. The molecule has 0 saturated carbocycles. The van der Waals surface area contributed by atoms with E-state index < -0.39 is 16.1 Å². The fourth-order valence-corrected chi connectivity index (χ4v) is 6.40. The zero-order valence-corrected chi connectivity index (χ0v) is 29.2. The van der Waals surface area contributed by atoms with E-state index in [0.717, 1.165) is 12.2 Å². The summed E-state index contributed by atoms with van der Waals surface area (Å²) >= 11 is 0. The van der Waals surface area contributed by atoms with Crippen molar-refractivity contribution in [2.75, 3.05) is 44.2 Å². The lowest BCUT2D eigenvalue weighted by Gasteiger charge is -2.42. The summed E-state index contributed by atoms with van der Waals surface area (Å²) in [5.41, 5.74) is 2.51. The molecule has 3 aliphatic rings. The molecular weight excluding hydrogens is 640 g/mol. The molecule has 0 N–H and O–H groups in total. The number of carbonyl (C=O) groups excluding carboxylic acids is 1. The Morgan fingerprint density at radius 1 is 0.979 bits per heavy atom. The predicted molar refractivity (Wildman–Crippen MR) is 183 cm³/mol. The van der Waals surface area contributed by atoms with Crippen LogP contribution in [0.5, 0.6) is 5.75 Å². The fourth-order valence-electron chi connectivity index (χ4n) is 4.98. The van der Waals surface area contributed by atoms with Gasteiger partial charge in [0.05, 0.1) is 17.3 Å². The lowest BCUT2D eigenvalue weighted by Crippen LogP contribution is -2.48. The minimum Gasteiger partial charge on any atom is -0.433 e. The number of hydrogen-bond donors (Lipinski definition) is 0. The van der Waals surface area contributed by atoms with Crippen LogP contribution >= 0.6 is 0 Å². The second-order valence-corrected chi connectivity index (χ2v) is 13.0. The molecule has 6 rings (SSSR count). The number of ether oxygens (including phenoxy) is 1. The molecule has 2 saturated heterocycles. The molecule has 4 heterocycles. The number of sulfonamides is 1. The summed E-state index contributed by atoms with van der Waals surface area (Å²) in [7, 11) is -3.76. The van der Waals surface area contributed by atoms with Crippen LogP contribution in [0.15, 0.2) is 71.8 Å². The third-order valence-electron chi connectivity index (χ3n) is 7.58. The molecule has 11 nitrogen and oxygen atoms in total. The van der Waals surface area contributed by atoms with Crippen LogP contribution in [0.4, 0.5) is 14.6 Å². The Morgan fingerprint density at radius 2 is 1.65 bits per heavy atom. The lowest BCUT2D eigenvalue weighted by molar-refractivity contribution is -0.159. The van der Waals surface area contributed by atoms with Crippen LogP contribution in [0, 0.1) is 5.92 Å². The molecular formula is C34H47F2N7O4S. The Balaban J connectivity index is 0.000000286. The smallest absolute Gasteiger partial charge is 0.394 e. The van der Waals surface area contributed by atoms with Crippen LogP contribution in [0.1, 0.15) is 60.3 Å². The third kappa shape index (κ3) is 11.0. The van der Waals surface area contributed by atoms with Crippen molar-refractivity contribution in [3.63, 3.8) is 0 Å². The van der Waals surface area contributed by atoms with Crippen molar-refractivity contribution in [2.45, 2.75) is 71.3 Å². The average molecular weight is 688 g/mol. The largest absolute Gasteiger partial charge is 0.433 e. The minimum absolute atomic E-state index is 0.0184. The fraction of sp³-hybridized carbons (Fsp3) is 0.500.